The minimum atomic E-state index is -0.0345. The Hall–Kier alpha value is -1.46. The zero-order chi connectivity index (χ0) is 14.5. The van der Waals surface area contributed by atoms with E-state index in [-0.39, 0.29) is 5.91 Å². The number of hydrogen-bond acceptors (Lipinski definition) is 3. The van der Waals surface area contributed by atoms with Crippen molar-refractivity contribution in [2.75, 3.05) is 26.7 Å². The van der Waals surface area contributed by atoms with Crippen LogP contribution in [0.15, 0.2) is 24.3 Å². The summed E-state index contributed by atoms with van der Waals surface area (Å²) in [5, 5.41) is 3.01. The van der Waals surface area contributed by atoms with Crippen molar-refractivity contribution in [2.24, 2.45) is 11.7 Å². The van der Waals surface area contributed by atoms with Crippen LogP contribution in [0, 0.1) is 5.92 Å². The first-order valence-corrected chi connectivity index (χ1v) is 7.33. The van der Waals surface area contributed by atoms with Crippen molar-refractivity contribution in [2.45, 2.75) is 12.8 Å². The number of nitrogens with one attached hydrogen (secondary N) is 1. The van der Waals surface area contributed by atoms with Crippen LogP contribution in [-0.2, 0) is 0 Å². The molecule has 1 saturated heterocycles. The topological polar surface area (TPSA) is 58.4 Å². The van der Waals surface area contributed by atoms with Crippen LogP contribution in [0.3, 0.4) is 0 Å². The summed E-state index contributed by atoms with van der Waals surface area (Å²) >= 11 is 4.89. The summed E-state index contributed by atoms with van der Waals surface area (Å²) in [6, 6.07) is 7.09. The maximum absolute atomic E-state index is 12.1. The van der Waals surface area contributed by atoms with Gasteiger partial charge >= 0.3 is 0 Å². The second kappa shape index (κ2) is 6.81. The molecule has 1 atom stereocenters. The minimum Gasteiger partial charge on any atom is -0.389 e. The van der Waals surface area contributed by atoms with Gasteiger partial charge < -0.3 is 16.0 Å². The van der Waals surface area contributed by atoms with Crippen LogP contribution in [0.25, 0.3) is 0 Å². The molecule has 1 unspecified atom stereocenters. The van der Waals surface area contributed by atoms with Gasteiger partial charge in [-0.1, -0.05) is 24.4 Å². The number of nitrogens with two attached hydrogens (primary N) is 1. The molecule has 108 valence electrons. The zero-order valence-electron chi connectivity index (χ0n) is 11.8. The van der Waals surface area contributed by atoms with Crippen molar-refractivity contribution in [1.82, 2.24) is 10.2 Å². The van der Waals surface area contributed by atoms with E-state index in [1.54, 1.807) is 24.3 Å². The maximum Gasteiger partial charge on any atom is 0.251 e. The van der Waals surface area contributed by atoms with E-state index in [4.69, 9.17) is 18.0 Å². The number of nitrogens with zero attached hydrogens (tertiary/aromatic N) is 1. The Kier molecular flexibility index (Phi) is 5.09. The zero-order valence-corrected chi connectivity index (χ0v) is 12.6. The molecule has 1 aromatic rings. The van der Waals surface area contributed by atoms with Crippen LogP contribution in [-0.4, -0.2) is 42.5 Å². The summed E-state index contributed by atoms with van der Waals surface area (Å²) in [5.74, 6) is 0.515. The number of amides is 1. The Morgan fingerprint density at radius 2 is 2.05 bits per heavy atom. The third-order valence-corrected chi connectivity index (χ3v) is 3.94. The number of carbonyl (C=O) groups is 1. The molecule has 0 aromatic heterocycles. The van der Waals surface area contributed by atoms with E-state index < -0.39 is 0 Å². The fourth-order valence-electron chi connectivity index (χ4n) is 2.56. The SMILES string of the molecule is CN1CCCC(CNC(=O)c2ccc(C(N)=S)cc2)C1. The largest absolute Gasteiger partial charge is 0.389 e. The van der Waals surface area contributed by atoms with Gasteiger partial charge in [0.25, 0.3) is 5.91 Å². The van der Waals surface area contributed by atoms with Crippen LogP contribution < -0.4 is 11.1 Å². The average molecular weight is 291 g/mol. The molecule has 20 heavy (non-hydrogen) atoms. The number of piperidine rings is 1. The molecule has 1 aromatic carbocycles. The Morgan fingerprint density at radius 1 is 1.40 bits per heavy atom. The van der Waals surface area contributed by atoms with Gasteiger partial charge in [-0.2, -0.15) is 0 Å². The molecule has 1 amide bonds. The lowest BCUT2D eigenvalue weighted by atomic mass is 9.98. The van der Waals surface area contributed by atoms with Gasteiger partial charge in [-0.15, -0.1) is 0 Å². The lowest BCUT2D eigenvalue weighted by Gasteiger charge is -2.29. The molecule has 1 fully saturated rings. The normalized spacial score (nSPS) is 19.6. The summed E-state index contributed by atoms with van der Waals surface area (Å²) < 4.78 is 0. The lowest BCUT2D eigenvalue weighted by Crippen LogP contribution is -2.39. The molecule has 1 aliphatic heterocycles. The summed E-state index contributed by atoms with van der Waals surface area (Å²) in [7, 11) is 2.13. The first kappa shape index (κ1) is 14.9. The van der Waals surface area contributed by atoms with Crippen molar-refractivity contribution in [3.05, 3.63) is 35.4 Å². The fraction of sp³-hybridized carbons (Fsp3) is 0.467. The van der Waals surface area contributed by atoms with Gasteiger partial charge in [0.15, 0.2) is 0 Å². The van der Waals surface area contributed by atoms with Gasteiger partial charge in [0.1, 0.15) is 4.99 Å². The molecule has 4 nitrogen and oxygen atoms in total. The summed E-state index contributed by atoms with van der Waals surface area (Å²) in [6.07, 6.45) is 2.39. The molecule has 0 aliphatic carbocycles. The van der Waals surface area contributed by atoms with Gasteiger partial charge in [-0.3, -0.25) is 4.79 Å². The second-order valence-electron chi connectivity index (χ2n) is 5.42. The van der Waals surface area contributed by atoms with E-state index >= 15 is 0 Å². The highest BCUT2D eigenvalue weighted by Gasteiger charge is 2.17. The molecule has 1 heterocycles. The molecular formula is C15H21N3OS. The molecule has 2 rings (SSSR count). The molecule has 0 radical (unpaired) electrons. The van der Waals surface area contributed by atoms with Crippen molar-refractivity contribution < 1.29 is 4.79 Å². The monoisotopic (exact) mass is 291 g/mol. The number of hydrogen-bond donors (Lipinski definition) is 2. The Balaban J connectivity index is 1.86. The van der Waals surface area contributed by atoms with E-state index in [2.05, 4.69) is 17.3 Å². The molecule has 1 aliphatic rings. The van der Waals surface area contributed by atoms with Crippen molar-refractivity contribution in [3.8, 4) is 0 Å². The third-order valence-electron chi connectivity index (χ3n) is 3.70. The van der Waals surface area contributed by atoms with E-state index in [0.29, 0.717) is 16.5 Å². The fourth-order valence-corrected chi connectivity index (χ4v) is 2.70. The second-order valence-corrected chi connectivity index (χ2v) is 5.86. The van der Waals surface area contributed by atoms with Gasteiger partial charge in [0.05, 0.1) is 0 Å². The molecular weight excluding hydrogens is 270 g/mol. The number of likely N-dealkylation sites (tertiary alicyclic amines) is 1. The van der Waals surface area contributed by atoms with Crippen molar-refractivity contribution in [3.63, 3.8) is 0 Å². The van der Waals surface area contributed by atoms with Gasteiger partial charge in [-0.05, 0) is 44.5 Å². The first-order valence-electron chi connectivity index (χ1n) is 6.93. The number of carbonyl (C=O) groups excluding carboxylic acids is 1. The molecule has 3 N–H and O–H groups in total. The van der Waals surface area contributed by atoms with Gasteiger partial charge in [0.2, 0.25) is 0 Å². The highest BCUT2D eigenvalue weighted by Crippen LogP contribution is 2.14. The summed E-state index contributed by atoms with van der Waals surface area (Å²) in [6.45, 7) is 2.95. The Morgan fingerprint density at radius 3 is 2.65 bits per heavy atom. The highest BCUT2D eigenvalue weighted by atomic mass is 32.1. The predicted molar refractivity (Wildman–Crippen MR) is 84.9 cm³/mol. The van der Waals surface area contributed by atoms with Gasteiger partial charge in [-0.25, -0.2) is 0 Å². The van der Waals surface area contributed by atoms with Gasteiger partial charge in [0, 0.05) is 24.2 Å². The van der Waals surface area contributed by atoms with E-state index in [1.807, 2.05) is 0 Å². The quantitative estimate of drug-likeness (QED) is 0.823. The van der Waals surface area contributed by atoms with Crippen LogP contribution in [0.5, 0.6) is 0 Å². The van der Waals surface area contributed by atoms with E-state index in [0.717, 1.165) is 25.2 Å². The molecule has 0 spiro atoms. The summed E-state index contributed by atoms with van der Waals surface area (Å²) in [4.78, 5) is 14.7. The van der Waals surface area contributed by atoms with E-state index in [9.17, 15) is 4.79 Å². The third kappa shape index (κ3) is 4.02. The van der Waals surface area contributed by atoms with E-state index in [1.165, 1.54) is 12.8 Å². The maximum atomic E-state index is 12.1. The Labute approximate surface area is 125 Å². The molecule has 5 heteroatoms. The number of rotatable bonds is 4. The molecule has 0 bridgehead atoms. The average Bonchev–Trinajstić information content (AvgIpc) is 2.45. The van der Waals surface area contributed by atoms with Crippen LogP contribution >= 0.6 is 12.2 Å². The lowest BCUT2D eigenvalue weighted by molar-refractivity contribution is 0.0937. The summed E-state index contributed by atoms with van der Waals surface area (Å²) in [5.41, 5.74) is 6.97. The Bertz CT molecular complexity index is 486. The highest BCUT2D eigenvalue weighted by molar-refractivity contribution is 7.80. The minimum absolute atomic E-state index is 0.0345. The number of benzene rings is 1. The van der Waals surface area contributed by atoms with Crippen LogP contribution in [0.4, 0.5) is 0 Å². The number of thiocarbonyl (C=S) groups is 1. The van der Waals surface area contributed by atoms with Crippen LogP contribution in [0.2, 0.25) is 0 Å². The predicted octanol–water partition coefficient (Wildman–Crippen LogP) is 1.39. The van der Waals surface area contributed by atoms with Crippen molar-refractivity contribution in [1.29, 1.82) is 0 Å². The smallest absolute Gasteiger partial charge is 0.251 e. The standard InChI is InChI=1S/C15H21N3OS/c1-18-8-2-3-11(10-18)9-17-15(19)13-6-4-12(5-7-13)14(16)20/h4-7,11H,2-3,8-10H2,1H3,(H2,16,20)(H,17,19). The molecule has 0 saturated carbocycles. The first-order chi connectivity index (χ1) is 9.56. The van der Waals surface area contributed by atoms with Crippen LogP contribution in [0.1, 0.15) is 28.8 Å². The van der Waals surface area contributed by atoms with Crippen molar-refractivity contribution >= 4 is 23.1 Å².